The van der Waals surface area contributed by atoms with Gasteiger partial charge in [-0.15, -0.1) is 0 Å². The third kappa shape index (κ3) is 11.1. The van der Waals surface area contributed by atoms with Crippen molar-refractivity contribution in [1.29, 1.82) is 0 Å². The third-order valence-electron chi connectivity index (χ3n) is 7.54. The van der Waals surface area contributed by atoms with Crippen LogP contribution < -0.4 is 0 Å². The van der Waals surface area contributed by atoms with Gasteiger partial charge in [-0.3, -0.25) is 9.69 Å². The summed E-state index contributed by atoms with van der Waals surface area (Å²) >= 11 is 6.41. The molecule has 2 N–H and O–H groups in total. The van der Waals surface area contributed by atoms with E-state index < -0.39 is 11.9 Å². The molecule has 0 saturated carbocycles. The molecule has 1 atom stereocenters. The molecule has 0 heterocycles. The number of benzene rings is 3. The second-order valence-electron chi connectivity index (χ2n) is 13.4. The lowest BCUT2D eigenvalue weighted by atomic mass is 9.79. The molecule has 0 bridgehead atoms. The fourth-order valence-corrected chi connectivity index (χ4v) is 5.09. The highest BCUT2D eigenvalue weighted by Crippen LogP contribution is 2.32. The standard InChI is InChI=1S/C36H46ClNO5/c1-35(2,3)29-18-26(19-30(21-29)36(4,5)6)24-43-32(28-10-9-11-31(37)20-28)23-38(17-8-7-12-33(39)40)22-25-13-15-27(16-14-25)34(41)42/h9-11,13-16,18-21,32H,7-8,12,17,22-24H2,1-6H3,(H,39,40)(H,41,42)/t32-/m0/s1. The minimum absolute atomic E-state index is 0.00863. The lowest BCUT2D eigenvalue weighted by Gasteiger charge is -2.29. The molecule has 3 aromatic rings. The summed E-state index contributed by atoms with van der Waals surface area (Å²) in [4.78, 5) is 24.7. The fraction of sp³-hybridized carbons (Fsp3) is 0.444. The van der Waals surface area contributed by atoms with Crippen molar-refractivity contribution in [3.8, 4) is 0 Å². The van der Waals surface area contributed by atoms with Crippen molar-refractivity contribution < 1.29 is 24.5 Å². The first kappa shape index (κ1) is 34.3. The van der Waals surface area contributed by atoms with Gasteiger partial charge in [-0.2, -0.15) is 0 Å². The molecule has 0 unspecified atom stereocenters. The van der Waals surface area contributed by atoms with Gasteiger partial charge in [-0.05, 0) is 82.3 Å². The zero-order chi connectivity index (χ0) is 31.8. The molecule has 0 amide bonds. The number of hydrogen-bond acceptors (Lipinski definition) is 4. The summed E-state index contributed by atoms with van der Waals surface area (Å²) in [5.41, 5.74) is 5.81. The van der Waals surface area contributed by atoms with Crippen LogP contribution in [0, 0.1) is 0 Å². The Bertz CT molecular complexity index is 1340. The van der Waals surface area contributed by atoms with Crippen molar-refractivity contribution in [1.82, 2.24) is 4.90 Å². The van der Waals surface area contributed by atoms with Gasteiger partial charge in [0.15, 0.2) is 0 Å². The summed E-state index contributed by atoms with van der Waals surface area (Å²) in [7, 11) is 0. The summed E-state index contributed by atoms with van der Waals surface area (Å²) in [6.07, 6.45) is 1.11. The Morgan fingerprint density at radius 3 is 2.00 bits per heavy atom. The number of carbonyl (C=O) groups is 2. The third-order valence-corrected chi connectivity index (χ3v) is 7.78. The molecule has 0 saturated heterocycles. The van der Waals surface area contributed by atoms with E-state index in [2.05, 4.69) is 64.6 Å². The van der Waals surface area contributed by atoms with Gasteiger partial charge in [-0.25, -0.2) is 4.79 Å². The number of rotatable bonds is 14. The maximum atomic E-state index is 11.3. The summed E-state index contributed by atoms with van der Waals surface area (Å²) in [6, 6.07) is 21.4. The Kier molecular flexibility index (Phi) is 12.0. The maximum absolute atomic E-state index is 11.3. The van der Waals surface area contributed by atoms with Crippen LogP contribution in [0.2, 0.25) is 5.02 Å². The Labute approximate surface area is 261 Å². The number of carboxylic acids is 2. The average Bonchev–Trinajstić information content (AvgIpc) is 2.92. The molecule has 0 spiro atoms. The van der Waals surface area contributed by atoms with Gasteiger partial charge in [0, 0.05) is 24.5 Å². The topological polar surface area (TPSA) is 87.1 Å². The van der Waals surface area contributed by atoms with E-state index in [1.54, 1.807) is 12.1 Å². The predicted molar refractivity (Wildman–Crippen MR) is 173 cm³/mol. The quantitative estimate of drug-likeness (QED) is 0.178. The molecule has 3 aromatic carbocycles. The molecule has 0 aromatic heterocycles. The van der Waals surface area contributed by atoms with Gasteiger partial charge in [0.1, 0.15) is 0 Å². The van der Waals surface area contributed by atoms with Crippen LogP contribution in [0.15, 0.2) is 66.7 Å². The Hall–Kier alpha value is -3.19. The van der Waals surface area contributed by atoms with Crippen molar-refractivity contribution in [2.24, 2.45) is 0 Å². The van der Waals surface area contributed by atoms with E-state index in [1.165, 1.54) is 11.1 Å². The van der Waals surface area contributed by atoms with E-state index in [9.17, 15) is 14.7 Å². The summed E-state index contributed by atoms with van der Waals surface area (Å²) in [5, 5.41) is 19.1. The average molecular weight is 608 g/mol. The molecule has 0 radical (unpaired) electrons. The van der Waals surface area contributed by atoms with Crippen LogP contribution in [0.1, 0.15) is 105 Å². The number of hydrogen-bond donors (Lipinski definition) is 2. The van der Waals surface area contributed by atoms with Crippen LogP contribution in [-0.4, -0.2) is 40.1 Å². The van der Waals surface area contributed by atoms with Crippen LogP contribution in [0.25, 0.3) is 0 Å². The normalized spacial score (nSPS) is 12.8. The van der Waals surface area contributed by atoms with Gasteiger partial charge in [0.2, 0.25) is 0 Å². The van der Waals surface area contributed by atoms with Crippen LogP contribution in [0.3, 0.4) is 0 Å². The second-order valence-corrected chi connectivity index (χ2v) is 13.8. The van der Waals surface area contributed by atoms with E-state index in [4.69, 9.17) is 21.4 Å². The predicted octanol–water partition coefficient (Wildman–Crippen LogP) is 8.65. The van der Waals surface area contributed by atoms with Crippen LogP contribution in [0.4, 0.5) is 0 Å². The zero-order valence-electron chi connectivity index (χ0n) is 26.3. The molecule has 43 heavy (non-hydrogen) atoms. The molecule has 7 heteroatoms. The minimum atomic E-state index is -0.961. The molecule has 0 aliphatic carbocycles. The molecule has 0 aliphatic heterocycles. The zero-order valence-corrected chi connectivity index (χ0v) is 27.1. The van der Waals surface area contributed by atoms with Crippen LogP contribution in [-0.2, 0) is 33.5 Å². The highest BCUT2D eigenvalue weighted by Gasteiger charge is 2.22. The minimum Gasteiger partial charge on any atom is -0.481 e. The van der Waals surface area contributed by atoms with Gasteiger partial charge in [0.05, 0.1) is 18.3 Å². The fourth-order valence-electron chi connectivity index (χ4n) is 4.89. The summed E-state index contributed by atoms with van der Waals surface area (Å²) in [5.74, 6) is -1.76. The number of nitrogens with zero attached hydrogens (tertiary/aromatic N) is 1. The smallest absolute Gasteiger partial charge is 0.335 e. The monoisotopic (exact) mass is 607 g/mol. The van der Waals surface area contributed by atoms with Crippen molar-refractivity contribution >= 4 is 23.5 Å². The second kappa shape index (κ2) is 15.0. The molecule has 3 rings (SSSR count). The van der Waals surface area contributed by atoms with Crippen LogP contribution >= 0.6 is 11.6 Å². The number of aromatic carboxylic acids is 1. The van der Waals surface area contributed by atoms with Gasteiger partial charge >= 0.3 is 11.9 Å². The van der Waals surface area contributed by atoms with E-state index in [0.29, 0.717) is 44.1 Å². The molecule has 6 nitrogen and oxygen atoms in total. The molecule has 0 aliphatic rings. The van der Waals surface area contributed by atoms with Crippen molar-refractivity contribution in [2.75, 3.05) is 13.1 Å². The van der Waals surface area contributed by atoms with Crippen LogP contribution in [0.5, 0.6) is 0 Å². The van der Waals surface area contributed by atoms with Gasteiger partial charge < -0.3 is 14.9 Å². The number of ether oxygens (including phenoxy) is 1. The number of carboxylic acid groups (broad SMARTS) is 2. The SMILES string of the molecule is CC(C)(C)c1cc(CO[C@@H](CN(CCCCC(=O)O)Cc2ccc(C(=O)O)cc2)c2cccc(Cl)c2)cc(C(C)(C)C)c1. The Balaban J connectivity index is 1.90. The largest absolute Gasteiger partial charge is 0.481 e. The van der Waals surface area contributed by atoms with E-state index in [-0.39, 0.29) is 28.9 Å². The van der Waals surface area contributed by atoms with E-state index >= 15 is 0 Å². The van der Waals surface area contributed by atoms with Crippen molar-refractivity contribution in [3.63, 3.8) is 0 Å². The molecular weight excluding hydrogens is 562 g/mol. The molecule has 0 fully saturated rings. The molecular formula is C36H46ClNO5. The Morgan fingerprint density at radius 1 is 0.837 bits per heavy atom. The first-order valence-corrected chi connectivity index (χ1v) is 15.3. The number of unbranched alkanes of at least 4 members (excludes halogenated alkanes) is 1. The highest BCUT2D eigenvalue weighted by atomic mass is 35.5. The van der Waals surface area contributed by atoms with E-state index in [1.807, 2.05) is 36.4 Å². The lowest BCUT2D eigenvalue weighted by Crippen LogP contribution is -2.30. The van der Waals surface area contributed by atoms with Gasteiger partial charge in [-0.1, -0.05) is 95.6 Å². The number of halogens is 1. The first-order valence-electron chi connectivity index (χ1n) is 14.9. The maximum Gasteiger partial charge on any atom is 0.335 e. The van der Waals surface area contributed by atoms with Crippen molar-refractivity contribution in [2.45, 2.75) is 90.9 Å². The number of aliphatic carboxylic acids is 1. The first-order chi connectivity index (χ1) is 20.1. The Morgan fingerprint density at radius 2 is 1.47 bits per heavy atom. The van der Waals surface area contributed by atoms with E-state index in [0.717, 1.165) is 16.7 Å². The summed E-state index contributed by atoms with van der Waals surface area (Å²) in [6.45, 7) is 15.5. The highest BCUT2D eigenvalue weighted by molar-refractivity contribution is 6.30. The van der Waals surface area contributed by atoms with Crippen molar-refractivity contribution in [3.05, 3.63) is 105 Å². The molecule has 232 valence electrons. The van der Waals surface area contributed by atoms with Gasteiger partial charge in [0.25, 0.3) is 0 Å². The summed E-state index contributed by atoms with van der Waals surface area (Å²) < 4.78 is 6.70. The lowest BCUT2D eigenvalue weighted by molar-refractivity contribution is -0.137.